The molecule has 2 rings (SSSR count). The predicted octanol–water partition coefficient (Wildman–Crippen LogP) is 1.14. The molecule has 0 aliphatic carbocycles. The SMILES string of the molecule is C[C@@H]1OC(=O)[C@@H]2C[C@@H](CI)O[C@H]12. The zero-order valence-corrected chi connectivity index (χ0v) is 8.98. The first-order chi connectivity index (χ1) is 5.72. The van der Waals surface area contributed by atoms with Gasteiger partial charge in [-0.05, 0) is 13.3 Å². The lowest BCUT2D eigenvalue weighted by atomic mass is 10.00. The van der Waals surface area contributed by atoms with Gasteiger partial charge in [0.2, 0.25) is 0 Å². The van der Waals surface area contributed by atoms with Crippen molar-refractivity contribution in [2.75, 3.05) is 4.43 Å². The summed E-state index contributed by atoms with van der Waals surface area (Å²) < 4.78 is 11.7. The maximum atomic E-state index is 11.2. The van der Waals surface area contributed by atoms with Crippen molar-refractivity contribution >= 4 is 28.6 Å². The lowest BCUT2D eigenvalue weighted by Crippen LogP contribution is -2.22. The van der Waals surface area contributed by atoms with Crippen LogP contribution in [0.1, 0.15) is 13.3 Å². The van der Waals surface area contributed by atoms with Gasteiger partial charge in [0, 0.05) is 4.43 Å². The van der Waals surface area contributed by atoms with Crippen LogP contribution in [0.5, 0.6) is 0 Å². The van der Waals surface area contributed by atoms with E-state index in [1.54, 1.807) is 0 Å². The zero-order valence-electron chi connectivity index (χ0n) is 6.83. The van der Waals surface area contributed by atoms with Gasteiger partial charge in [-0.1, -0.05) is 22.6 Å². The van der Waals surface area contributed by atoms with E-state index in [9.17, 15) is 4.79 Å². The molecule has 4 atom stereocenters. The molecule has 2 saturated heterocycles. The molecule has 0 unspecified atom stereocenters. The molecular weight excluding hydrogens is 271 g/mol. The number of rotatable bonds is 1. The number of carbonyl (C=O) groups excluding carboxylic acids is 1. The number of esters is 1. The number of hydrogen-bond donors (Lipinski definition) is 0. The number of cyclic esters (lactones) is 1. The van der Waals surface area contributed by atoms with Crippen molar-refractivity contribution in [3.63, 3.8) is 0 Å². The molecule has 2 aliphatic rings. The summed E-state index contributed by atoms with van der Waals surface area (Å²) in [6.07, 6.45) is 1.08. The summed E-state index contributed by atoms with van der Waals surface area (Å²) in [5.41, 5.74) is 0. The molecule has 0 saturated carbocycles. The standard InChI is InChI=1S/C8H11IO3/c1-4-7-6(8(10)11-4)2-5(3-9)12-7/h4-7H,2-3H2,1H3/t4-,5-,6+,7+/m0/s1. The Morgan fingerprint density at radius 3 is 3.00 bits per heavy atom. The molecular formula is C8H11IO3. The van der Waals surface area contributed by atoms with E-state index in [2.05, 4.69) is 22.6 Å². The van der Waals surface area contributed by atoms with E-state index >= 15 is 0 Å². The van der Waals surface area contributed by atoms with Crippen molar-refractivity contribution in [1.82, 2.24) is 0 Å². The van der Waals surface area contributed by atoms with Gasteiger partial charge in [-0.2, -0.15) is 0 Å². The number of carbonyl (C=O) groups is 1. The number of alkyl halides is 1. The molecule has 4 heteroatoms. The normalized spacial score (nSPS) is 46.0. The van der Waals surface area contributed by atoms with Crippen LogP contribution >= 0.6 is 22.6 Å². The highest BCUT2D eigenvalue weighted by Gasteiger charge is 2.49. The monoisotopic (exact) mass is 282 g/mol. The third kappa shape index (κ3) is 1.25. The first kappa shape index (κ1) is 8.74. The molecule has 0 aromatic rings. The average Bonchev–Trinajstić information content (AvgIpc) is 2.55. The van der Waals surface area contributed by atoms with E-state index in [4.69, 9.17) is 9.47 Å². The molecule has 68 valence electrons. The molecule has 2 fully saturated rings. The van der Waals surface area contributed by atoms with Gasteiger partial charge in [-0.25, -0.2) is 0 Å². The molecule has 0 amide bonds. The van der Waals surface area contributed by atoms with Crippen LogP contribution in [0.3, 0.4) is 0 Å². The molecule has 0 N–H and O–H groups in total. The smallest absolute Gasteiger partial charge is 0.312 e. The van der Waals surface area contributed by atoms with Crippen molar-refractivity contribution in [3.8, 4) is 0 Å². The van der Waals surface area contributed by atoms with Crippen molar-refractivity contribution < 1.29 is 14.3 Å². The molecule has 3 nitrogen and oxygen atoms in total. The zero-order chi connectivity index (χ0) is 8.72. The van der Waals surface area contributed by atoms with E-state index in [0.717, 1.165) is 10.8 Å². The first-order valence-electron chi connectivity index (χ1n) is 4.14. The van der Waals surface area contributed by atoms with Crippen LogP contribution < -0.4 is 0 Å². The molecule has 2 heterocycles. The molecule has 0 radical (unpaired) electrons. The van der Waals surface area contributed by atoms with Crippen molar-refractivity contribution in [3.05, 3.63) is 0 Å². The summed E-state index contributed by atoms with van der Waals surface area (Å²) in [5.74, 6) is -0.0559. The Hall–Kier alpha value is 0.160. The van der Waals surface area contributed by atoms with E-state index in [1.807, 2.05) is 6.92 Å². The maximum absolute atomic E-state index is 11.2. The number of ether oxygens (including phenoxy) is 2. The Labute approximate surface area is 84.9 Å². The first-order valence-corrected chi connectivity index (χ1v) is 5.67. The van der Waals surface area contributed by atoms with Gasteiger partial charge >= 0.3 is 5.97 Å². The lowest BCUT2D eigenvalue weighted by molar-refractivity contribution is -0.144. The molecule has 0 spiro atoms. The van der Waals surface area contributed by atoms with Crippen LogP contribution in [0.15, 0.2) is 0 Å². The fourth-order valence-corrected chi connectivity index (χ4v) is 2.46. The van der Waals surface area contributed by atoms with Crippen molar-refractivity contribution in [1.29, 1.82) is 0 Å². The van der Waals surface area contributed by atoms with Crippen molar-refractivity contribution in [2.45, 2.75) is 31.7 Å². The second-order valence-corrected chi connectivity index (χ2v) is 4.24. The summed E-state index contributed by atoms with van der Waals surface area (Å²) >= 11 is 2.29. The third-order valence-corrected chi connectivity index (χ3v) is 3.48. The molecule has 0 aromatic heterocycles. The highest BCUT2D eigenvalue weighted by atomic mass is 127. The van der Waals surface area contributed by atoms with Gasteiger partial charge in [0.05, 0.1) is 12.0 Å². The van der Waals surface area contributed by atoms with Gasteiger partial charge in [0.15, 0.2) is 0 Å². The molecule has 0 bridgehead atoms. The van der Waals surface area contributed by atoms with E-state index in [1.165, 1.54) is 0 Å². The van der Waals surface area contributed by atoms with Gasteiger partial charge in [-0.3, -0.25) is 4.79 Å². The highest BCUT2D eigenvalue weighted by molar-refractivity contribution is 14.1. The molecule has 0 aromatic carbocycles. The van der Waals surface area contributed by atoms with Gasteiger partial charge in [0.1, 0.15) is 12.2 Å². The van der Waals surface area contributed by atoms with E-state index < -0.39 is 0 Å². The Morgan fingerprint density at radius 2 is 2.42 bits per heavy atom. The molecule has 12 heavy (non-hydrogen) atoms. The minimum atomic E-state index is -0.0696. The predicted molar refractivity (Wildman–Crippen MR) is 51.2 cm³/mol. The lowest BCUT2D eigenvalue weighted by Gasteiger charge is -2.13. The topological polar surface area (TPSA) is 35.5 Å². The quantitative estimate of drug-likeness (QED) is 0.411. The van der Waals surface area contributed by atoms with Gasteiger partial charge in [-0.15, -0.1) is 0 Å². The van der Waals surface area contributed by atoms with E-state index in [-0.39, 0.29) is 30.2 Å². The van der Waals surface area contributed by atoms with Crippen LogP contribution in [0.4, 0.5) is 0 Å². The van der Waals surface area contributed by atoms with E-state index in [0.29, 0.717) is 0 Å². The van der Waals surface area contributed by atoms with Gasteiger partial charge < -0.3 is 9.47 Å². The largest absolute Gasteiger partial charge is 0.460 e. The third-order valence-electron chi connectivity index (χ3n) is 2.50. The van der Waals surface area contributed by atoms with Gasteiger partial charge in [0.25, 0.3) is 0 Å². The van der Waals surface area contributed by atoms with Crippen LogP contribution in [0.25, 0.3) is 0 Å². The maximum Gasteiger partial charge on any atom is 0.312 e. The Kier molecular flexibility index (Phi) is 2.29. The average molecular weight is 282 g/mol. The fraction of sp³-hybridized carbons (Fsp3) is 0.875. The Bertz CT molecular complexity index is 206. The summed E-state index contributed by atoms with van der Waals surface area (Å²) in [4.78, 5) is 11.2. The number of fused-ring (bicyclic) bond motifs is 1. The summed E-state index contributed by atoms with van der Waals surface area (Å²) in [6, 6.07) is 0. The minimum Gasteiger partial charge on any atom is -0.460 e. The fourth-order valence-electron chi connectivity index (χ4n) is 1.90. The highest BCUT2D eigenvalue weighted by Crippen LogP contribution is 2.36. The Balaban J connectivity index is 2.09. The van der Waals surface area contributed by atoms with Crippen LogP contribution in [0.2, 0.25) is 0 Å². The van der Waals surface area contributed by atoms with Crippen LogP contribution in [-0.4, -0.2) is 28.7 Å². The number of halogens is 1. The molecule has 2 aliphatic heterocycles. The summed E-state index contributed by atoms with van der Waals surface area (Å²) in [5, 5.41) is 0. The number of hydrogen-bond acceptors (Lipinski definition) is 3. The van der Waals surface area contributed by atoms with Crippen LogP contribution in [0, 0.1) is 5.92 Å². The second kappa shape index (κ2) is 3.14. The van der Waals surface area contributed by atoms with Crippen LogP contribution in [-0.2, 0) is 14.3 Å². The summed E-state index contributed by atoms with van der Waals surface area (Å²) in [7, 11) is 0. The minimum absolute atomic E-state index is 0.0137. The second-order valence-electron chi connectivity index (χ2n) is 3.36. The Morgan fingerprint density at radius 1 is 1.67 bits per heavy atom. The summed E-state index contributed by atoms with van der Waals surface area (Å²) in [6.45, 7) is 1.90. The van der Waals surface area contributed by atoms with Crippen molar-refractivity contribution in [2.24, 2.45) is 5.92 Å².